The first-order valence-electron chi connectivity index (χ1n) is 6.81. The second-order valence-electron chi connectivity index (χ2n) is 5.82. The minimum absolute atomic E-state index is 0.0299. The fourth-order valence-corrected chi connectivity index (χ4v) is 1.82. The van der Waals surface area contributed by atoms with Crippen LogP contribution >= 0.6 is 0 Å². The molecule has 1 aromatic rings. The van der Waals surface area contributed by atoms with Crippen molar-refractivity contribution in [1.82, 2.24) is 15.3 Å². The maximum atomic E-state index is 11.7. The van der Waals surface area contributed by atoms with Crippen LogP contribution in [0.25, 0.3) is 0 Å². The molecule has 0 atom stereocenters. The molecule has 3 N–H and O–H groups in total. The Labute approximate surface area is 120 Å². The summed E-state index contributed by atoms with van der Waals surface area (Å²) in [6.45, 7) is 10.2. The Kier molecular flexibility index (Phi) is 5.30. The third kappa shape index (κ3) is 5.03. The van der Waals surface area contributed by atoms with Crippen molar-refractivity contribution in [2.45, 2.75) is 46.6 Å². The predicted octanol–water partition coefficient (Wildman–Crippen LogP) is 1.85. The summed E-state index contributed by atoms with van der Waals surface area (Å²) in [5.41, 5.74) is 0.756. The molecule has 112 valence electrons. The van der Waals surface area contributed by atoms with E-state index in [1.165, 1.54) is 0 Å². The molecule has 0 aliphatic rings. The number of hydrogen-bond donors (Lipinski definition) is 3. The molecule has 1 aromatic heterocycles. The third-order valence-electron chi connectivity index (χ3n) is 2.65. The molecular weight excluding hydrogens is 254 g/mol. The summed E-state index contributed by atoms with van der Waals surface area (Å²) in [7, 11) is 1.83. The molecule has 0 fully saturated rings. The van der Waals surface area contributed by atoms with Gasteiger partial charge in [0.15, 0.2) is 0 Å². The van der Waals surface area contributed by atoms with E-state index < -0.39 is 0 Å². The van der Waals surface area contributed by atoms with E-state index in [-0.39, 0.29) is 11.4 Å². The molecule has 1 rings (SSSR count). The zero-order valence-corrected chi connectivity index (χ0v) is 13.2. The van der Waals surface area contributed by atoms with Crippen LogP contribution < -0.4 is 16.0 Å². The van der Waals surface area contributed by atoms with Crippen LogP contribution in [0.5, 0.6) is 0 Å². The van der Waals surface area contributed by atoms with Gasteiger partial charge in [0.25, 0.3) is 0 Å². The van der Waals surface area contributed by atoms with Gasteiger partial charge < -0.3 is 16.0 Å². The van der Waals surface area contributed by atoms with E-state index in [9.17, 15) is 4.79 Å². The normalized spacial score (nSPS) is 11.1. The highest BCUT2D eigenvalue weighted by atomic mass is 16.1. The molecule has 1 heterocycles. The highest BCUT2D eigenvalue weighted by Gasteiger charge is 2.13. The summed E-state index contributed by atoms with van der Waals surface area (Å²) in [6.07, 6.45) is 0.411. The zero-order valence-electron chi connectivity index (χ0n) is 13.2. The molecule has 0 saturated carbocycles. The molecular formula is C14H25N5O. The van der Waals surface area contributed by atoms with Gasteiger partial charge in [-0.2, -0.15) is 0 Å². The van der Waals surface area contributed by atoms with Gasteiger partial charge in [0, 0.05) is 31.1 Å². The molecule has 0 saturated heterocycles. The number of anilines is 2. The maximum absolute atomic E-state index is 11.7. The van der Waals surface area contributed by atoms with E-state index in [1.54, 1.807) is 0 Å². The smallest absolute Gasteiger partial charge is 0.222 e. The summed E-state index contributed by atoms with van der Waals surface area (Å²) in [4.78, 5) is 20.4. The first-order chi connectivity index (χ1) is 9.23. The second-order valence-corrected chi connectivity index (χ2v) is 5.82. The third-order valence-corrected chi connectivity index (χ3v) is 2.65. The van der Waals surface area contributed by atoms with Crippen LogP contribution in [-0.4, -0.2) is 35.0 Å². The molecule has 0 spiro atoms. The minimum Gasteiger partial charge on any atom is -0.373 e. The van der Waals surface area contributed by atoms with Gasteiger partial charge in [-0.25, -0.2) is 9.97 Å². The fraction of sp³-hybridized carbons (Fsp3) is 0.643. The lowest BCUT2D eigenvalue weighted by Crippen LogP contribution is -2.41. The molecule has 0 aliphatic heterocycles. The molecule has 0 aliphatic carbocycles. The Bertz CT molecular complexity index is 479. The van der Waals surface area contributed by atoms with Crippen molar-refractivity contribution >= 4 is 17.5 Å². The van der Waals surface area contributed by atoms with Crippen LogP contribution in [-0.2, 0) is 4.79 Å². The Morgan fingerprint density at radius 3 is 2.30 bits per heavy atom. The van der Waals surface area contributed by atoms with Crippen LogP contribution in [0, 0.1) is 13.8 Å². The van der Waals surface area contributed by atoms with Crippen molar-refractivity contribution < 1.29 is 4.79 Å². The number of carbonyl (C=O) groups is 1. The Balaban J connectivity index is 2.58. The van der Waals surface area contributed by atoms with Crippen molar-refractivity contribution in [3.05, 3.63) is 11.4 Å². The molecule has 0 bridgehead atoms. The second kappa shape index (κ2) is 6.54. The van der Waals surface area contributed by atoms with E-state index in [2.05, 4.69) is 25.9 Å². The van der Waals surface area contributed by atoms with Crippen LogP contribution in [0.3, 0.4) is 0 Å². The molecule has 1 amide bonds. The summed E-state index contributed by atoms with van der Waals surface area (Å²) in [5.74, 6) is 2.30. The summed E-state index contributed by atoms with van der Waals surface area (Å²) >= 11 is 0. The highest BCUT2D eigenvalue weighted by molar-refractivity contribution is 5.77. The number of hydrogen-bond acceptors (Lipinski definition) is 5. The summed E-state index contributed by atoms with van der Waals surface area (Å²) in [5, 5.41) is 9.16. The van der Waals surface area contributed by atoms with Gasteiger partial charge in [-0.1, -0.05) is 0 Å². The van der Waals surface area contributed by atoms with Crippen LogP contribution in [0.2, 0.25) is 0 Å². The number of nitrogens with one attached hydrogen (secondary N) is 3. The quantitative estimate of drug-likeness (QED) is 0.766. The summed E-state index contributed by atoms with van der Waals surface area (Å²) < 4.78 is 0. The van der Waals surface area contributed by atoms with Gasteiger partial charge in [-0.05, 0) is 34.6 Å². The topological polar surface area (TPSA) is 78.9 Å². The predicted molar refractivity (Wildman–Crippen MR) is 82.1 cm³/mol. The lowest BCUT2D eigenvalue weighted by molar-refractivity contribution is -0.122. The number of amides is 1. The monoisotopic (exact) mass is 279 g/mol. The van der Waals surface area contributed by atoms with Gasteiger partial charge in [0.1, 0.15) is 17.5 Å². The SMILES string of the molecule is CNc1nc(C)nc(NCCC(=O)NC(C)(C)C)c1C. The van der Waals surface area contributed by atoms with Gasteiger partial charge in [-0.3, -0.25) is 4.79 Å². The maximum Gasteiger partial charge on any atom is 0.222 e. The Morgan fingerprint density at radius 1 is 1.15 bits per heavy atom. The Morgan fingerprint density at radius 2 is 1.75 bits per heavy atom. The lowest BCUT2D eigenvalue weighted by atomic mass is 10.1. The first kappa shape index (κ1) is 16.2. The van der Waals surface area contributed by atoms with Gasteiger partial charge in [0.2, 0.25) is 5.91 Å². The van der Waals surface area contributed by atoms with Gasteiger partial charge >= 0.3 is 0 Å². The molecule has 20 heavy (non-hydrogen) atoms. The number of nitrogens with zero attached hydrogens (tertiary/aromatic N) is 2. The molecule has 0 unspecified atom stereocenters. The van der Waals surface area contributed by atoms with E-state index in [0.29, 0.717) is 18.8 Å². The van der Waals surface area contributed by atoms with Crippen LogP contribution in [0.4, 0.5) is 11.6 Å². The lowest BCUT2D eigenvalue weighted by Gasteiger charge is -2.20. The van der Waals surface area contributed by atoms with Crippen LogP contribution in [0.15, 0.2) is 0 Å². The van der Waals surface area contributed by atoms with E-state index in [1.807, 2.05) is 41.7 Å². The van der Waals surface area contributed by atoms with E-state index in [4.69, 9.17) is 0 Å². The van der Waals surface area contributed by atoms with Crippen molar-refractivity contribution in [2.75, 3.05) is 24.2 Å². The van der Waals surface area contributed by atoms with Gasteiger partial charge in [0.05, 0.1) is 0 Å². The number of aryl methyl sites for hydroxylation is 1. The molecule has 6 heteroatoms. The average molecular weight is 279 g/mol. The van der Waals surface area contributed by atoms with Crippen molar-refractivity contribution in [3.63, 3.8) is 0 Å². The van der Waals surface area contributed by atoms with Crippen molar-refractivity contribution in [3.8, 4) is 0 Å². The minimum atomic E-state index is -0.197. The first-order valence-corrected chi connectivity index (χ1v) is 6.81. The number of carbonyl (C=O) groups excluding carboxylic acids is 1. The standard InChI is InChI=1S/C14H25N5O/c1-9-12(15-6)17-10(2)18-13(9)16-8-7-11(20)19-14(3,4)5/h7-8H2,1-6H3,(H,19,20)(H2,15,16,17,18). The number of rotatable bonds is 5. The molecule has 6 nitrogen and oxygen atoms in total. The van der Waals surface area contributed by atoms with Crippen LogP contribution in [0.1, 0.15) is 38.6 Å². The largest absolute Gasteiger partial charge is 0.373 e. The van der Waals surface area contributed by atoms with Gasteiger partial charge in [-0.15, -0.1) is 0 Å². The van der Waals surface area contributed by atoms with E-state index in [0.717, 1.165) is 17.2 Å². The van der Waals surface area contributed by atoms with Crippen molar-refractivity contribution in [1.29, 1.82) is 0 Å². The number of aromatic nitrogens is 2. The average Bonchev–Trinajstić information content (AvgIpc) is 2.30. The van der Waals surface area contributed by atoms with Crippen molar-refractivity contribution in [2.24, 2.45) is 0 Å². The molecule has 0 aromatic carbocycles. The fourth-order valence-electron chi connectivity index (χ4n) is 1.82. The summed E-state index contributed by atoms with van der Waals surface area (Å²) in [6, 6.07) is 0. The van der Waals surface area contributed by atoms with E-state index >= 15 is 0 Å². The zero-order chi connectivity index (χ0) is 15.3. The Hall–Kier alpha value is -1.85. The molecule has 0 radical (unpaired) electrons. The highest BCUT2D eigenvalue weighted by Crippen LogP contribution is 2.19.